The third-order valence-corrected chi connectivity index (χ3v) is 5.77. The van der Waals surface area contributed by atoms with Crippen LogP contribution in [0.2, 0.25) is 0 Å². The molecule has 0 radical (unpaired) electrons. The molecule has 0 fully saturated rings. The minimum Gasteiger partial charge on any atom is -0.312 e. The molecule has 0 unspecified atom stereocenters. The molecule has 0 aliphatic rings. The molecule has 5 nitrogen and oxygen atoms in total. The molecule has 0 bridgehead atoms. The second-order valence-electron chi connectivity index (χ2n) is 3.78. The minimum atomic E-state index is -3.45. The Hall–Kier alpha value is -0.800. The first-order valence-corrected chi connectivity index (χ1v) is 9.02. The highest BCUT2D eigenvalue weighted by molar-refractivity contribution is 7.89. The number of nitrogens with zero attached hydrogens (tertiary/aromatic N) is 1. The fourth-order valence-corrected chi connectivity index (χ4v) is 4.55. The van der Waals surface area contributed by atoms with Gasteiger partial charge in [-0.05, 0) is 18.0 Å². The summed E-state index contributed by atoms with van der Waals surface area (Å²) >= 11 is 2.88. The Morgan fingerprint density at radius 3 is 2.84 bits per heavy atom. The Morgan fingerprint density at radius 2 is 2.16 bits per heavy atom. The summed E-state index contributed by atoms with van der Waals surface area (Å²) in [4.78, 5) is 6.01. The standard InChI is InChI=1S/C11H15N3O2S3/c1-2-12-7-10-11(3-4-17-10)19(15,16)14-6-9-5-13-8-18-9/h3-5,8,12,14H,2,6-7H2,1H3. The first-order valence-electron chi connectivity index (χ1n) is 5.77. The van der Waals surface area contributed by atoms with Crippen molar-refractivity contribution in [2.75, 3.05) is 6.54 Å². The smallest absolute Gasteiger partial charge is 0.242 e. The van der Waals surface area contributed by atoms with Crippen LogP contribution in [0.15, 0.2) is 28.0 Å². The number of thiophene rings is 1. The molecule has 0 saturated heterocycles. The van der Waals surface area contributed by atoms with Crippen LogP contribution < -0.4 is 10.0 Å². The number of hydrogen-bond donors (Lipinski definition) is 2. The van der Waals surface area contributed by atoms with Gasteiger partial charge in [0.1, 0.15) is 0 Å². The van der Waals surface area contributed by atoms with E-state index >= 15 is 0 Å². The number of rotatable bonds is 7. The molecule has 0 amide bonds. The van der Waals surface area contributed by atoms with Gasteiger partial charge in [0, 0.05) is 29.0 Å². The fraction of sp³-hybridized carbons (Fsp3) is 0.364. The van der Waals surface area contributed by atoms with Crippen molar-refractivity contribution in [1.82, 2.24) is 15.0 Å². The second-order valence-corrected chi connectivity index (χ2v) is 7.49. The zero-order chi connectivity index (χ0) is 13.7. The summed E-state index contributed by atoms with van der Waals surface area (Å²) in [6.45, 7) is 3.66. The van der Waals surface area contributed by atoms with Crippen molar-refractivity contribution in [3.8, 4) is 0 Å². The van der Waals surface area contributed by atoms with Crippen molar-refractivity contribution in [3.63, 3.8) is 0 Å². The Balaban J connectivity index is 2.08. The van der Waals surface area contributed by atoms with Crippen molar-refractivity contribution in [2.24, 2.45) is 0 Å². The summed E-state index contributed by atoms with van der Waals surface area (Å²) in [5, 5.41) is 4.94. The minimum absolute atomic E-state index is 0.281. The van der Waals surface area contributed by atoms with Gasteiger partial charge < -0.3 is 5.32 Å². The van der Waals surface area contributed by atoms with Gasteiger partial charge in [0.25, 0.3) is 0 Å². The molecule has 0 aliphatic heterocycles. The predicted molar refractivity (Wildman–Crippen MR) is 77.8 cm³/mol. The van der Waals surface area contributed by atoms with E-state index in [1.165, 1.54) is 22.7 Å². The topological polar surface area (TPSA) is 71.1 Å². The van der Waals surface area contributed by atoms with Crippen LogP contribution in [0.3, 0.4) is 0 Å². The molecule has 0 aliphatic carbocycles. The van der Waals surface area contributed by atoms with Crippen molar-refractivity contribution in [3.05, 3.63) is 32.9 Å². The van der Waals surface area contributed by atoms with Gasteiger partial charge >= 0.3 is 0 Å². The molecule has 2 N–H and O–H groups in total. The van der Waals surface area contributed by atoms with Gasteiger partial charge in [-0.3, -0.25) is 4.98 Å². The number of nitrogens with one attached hydrogen (secondary N) is 2. The van der Waals surface area contributed by atoms with E-state index in [-0.39, 0.29) is 6.54 Å². The van der Waals surface area contributed by atoms with Gasteiger partial charge in [-0.15, -0.1) is 22.7 Å². The molecule has 2 aromatic heterocycles. The molecule has 19 heavy (non-hydrogen) atoms. The summed E-state index contributed by atoms with van der Waals surface area (Å²) in [5.41, 5.74) is 1.69. The maximum absolute atomic E-state index is 12.2. The van der Waals surface area contributed by atoms with E-state index in [1.54, 1.807) is 23.2 Å². The summed E-state index contributed by atoms with van der Waals surface area (Å²) in [6, 6.07) is 1.65. The number of aromatic nitrogens is 1. The Labute approximate surface area is 120 Å². The molecule has 0 aromatic carbocycles. The van der Waals surface area contributed by atoms with E-state index in [1.807, 2.05) is 6.92 Å². The van der Waals surface area contributed by atoms with E-state index < -0.39 is 10.0 Å². The molecule has 104 valence electrons. The summed E-state index contributed by atoms with van der Waals surface area (Å²) in [5.74, 6) is 0. The molecule has 0 spiro atoms. The largest absolute Gasteiger partial charge is 0.312 e. The van der Waals surface area contributed by atoms with E-state index in [0.717, 1.165) is 16.3 Å². The summed E-state index contributed by atoms with van der Waals surface area (Å²) < 4.78 is 27.1. The lowest BCUT2D eigenvalue weighted by atomic mass is 10.4. The molecule has 0 saturated carbocycles. The van der Waals surface area contributed by atoms with Crippen molar-refractivity contribution in [1.29, 1.82) is 0 Å². The SMILES string of the molecule is CCNCc1sccc1S(=O)(=O)NCc1cncs1. The van der Waals surface area contributed by atoms with Crippen LogP contribution in [0.1, 0.15) is 16.7 Å². The van der Waals surface area contributed by atoms with Crippen LogP contribution in [-0.4, -0.2) is 19.9 Å². The average molecular weight is 317 g/mol. The van der Waals surface area contributed by atoms with Crippen molar-refractivity contribution >= 4 is 32.7 Å². The van der Waals surface area contributed by atoms with Crippen LogP contribution in [0, 0.1) is 0 Å². The summed E-state index contributed by atoms with van der Waals surface area (Å²) in [7, 11) is -3.45. The zero-order valence-electron chi connectivity index (χ0n) is 10.4. The van der Waals surface area contributed by atoms with Gasteiger partial charge in [-0.25, -0.2) is 13.1 Å². The molecule has 0 atom stereocenters. The van der Waals surface area contributed by atoms with Crippen molar-refractivity contribution in [2.45, 2.75) is 24.9 Å². The highest BCUT2D eigenvalue weighted by Crippen LogP contribution is 2.22. The third kappa shape index (κ3) is 3.83. The highest BCUT2D eigenvalue weighted by atomic mass is 32.2. The van der Waals surface area contributed by atoms with Crippen LogP contribution in [-0.2, 0) is 23.1 Å². The predicted octanol–water partition coefficient (Wildman–Crippen LogP) is 1.79. The van der Waals surface area contributed by atoms with Gasteiger partial charge in [-0.1, -0.05) is 6.92 Å². The Morgan fingerprint density at radius 1 is 1.32 bits per heavy atom. The van der Waals surface area contributed by atoms with E-state index in [2.05, 4.69) is 15.0 Å². The first kappa shape index (κ1) is 14.6. The monoisotopic (exact) mass is 317 g/mol. The Bertz CT molecular complexity index is 605. The van der Waals surface area contributed by atoms with Crippen LogP contribution in [0.5, 0.6) is 0 Å². The maximum atomic E-state index is 12.2. The van der Waals surface area contributed by atoms with Crippen LogP contribution in [0.4, 0.5) is 0 Å². The third-order valence-electron chi connectivity index (χ3n) is 2.45. The molecule has 2 rings (SSSR count). The summed E-state index contributed by atoms with van der Waals surface area (Å²) in [6.07, 6.45) is 1.67. The first-order chi connectivity index (χ1) is 9.13. The van der Waals surface area contributed by atoms with Crippen molar-refractivity contribution < 1.29 is 8.42 Å². The second kappa shape index (κ2) is 6.58. The van der Waals surface area contributed by atoms with Gasteiger partial charge in [0.2, 0.25) is 10.0 Å². The van der Waals surface area contributed by atoms with Gasteiger partial charge in [-0.2, -0.15) is 0 Å². The molecule has 2 heterocycles. The normalized spacial score (nSPS) is 11.8. The van der Waals surface area contributed by atoms with E-state index in [4.69, 9.17) is 0 Å². The lowest BCUT2D eigenvalue weighted by Crippen LogP contribution is -2.24. The fourth-order valence-electron chi connectivity index (χ4n) is 1.51. The van der Waals surface area contributed by atoms with E-state index in [9.17, 15) is 8.42 Å². The van der Waals surface area contributed by atoms with Crippen LogP contribution >= 0.6 is 22.7 Å². The quantitative estimate of drug-likeness (QED) is 0.817. The van der Waals surface area contributed by atoms with Gasteiger partial charge in [0.15, 0.2) is 0 Å². The lowest BCUT2D eigenvalue weighted by Gasteiger charge is -2.07. The average Bonchev–Trinajstić information content (AvgIpc) is 3.05. The molecule has 8 heteroatoms. The highest BCUT2D eigenvalue weighted by Gasteiger charge is 2.19. The van der Waals surface area contributed by atoms with E-state index in [0.29, 0.717) is 11.4 Å². The maximum Gasteiger partial charge on any atom is 0.242 e. The molecular formula is C11H15N3O2S3. The Kier molecular flexibility index (Phi) is 5.06. The number of hydrogen-bond acceptors (Lipinski definition) is 6. The number of thiazole rings is 1. The molecule has 2 aromatic rings. The number of sulfonamides is 1. The van der Waals surface area contributed by atoms with Gasteiger partial charge in [0.05, 0.1) is 10.4 Å². The zero-order valence-corrected chi connectivity index (χ0v) is 12.9. The lowest BCUT2D eigenvalue weighted by molar-refractivity contribution is 0.580. The van der Waals surface area contributed by atoms with Crippen LogP contribution in [0.25, 0.3) is 0 Å². The molecular weight excluding hydrogens is 302 g/mol.